The summed E-state index contributed by atoms with van der Waals surface area (Å²) in [5.41, 5.74) is 1.35. The average Bonchev–Trinajstić information content (AvgIpc) is 3.30. The number of H-pyrrole nitrogens is 1. The second kappa shape index (κ2) is 12.8. The fourth-order valence-electron chi connectivity index (χ4n) is 2.85. The number of phosphoric ester groups is 1. The fraction of sp³-hybridized carbons (Fsp3) is 0.235. The fourth-order valence-corrected chi connectivity index (χ4v) is 3.56. The first-order chi connectivity index (χ1) is 14.6. The number of aromatic nitrogens is 5. The van der Waals surface area contributed by atoms with Gasteiger partial charge in [0.15, 0.2) is 5.78 Å². The van der Waals surface area contributed by atoms with E-state index >= 15 is 0 Å². The molecule has 0 aliphatic carbocycles. The van der Waals surface area contributed by atoms with Crippen molar-refractivity contribution in [3.63, 3.8) is 0 Å². The summed E-state index contributed by atoms with van der Waals surface area (Å²) in [7, 11) is -3.41. The molecule has 1 amide bonds. The molecule has 3 aromatic rings. The largest absolute Gasteiger partial charge is 1.00 e. The van der Waals surface area contributed by atoms with E-state index in [4.69, 9.17) is 4.89 Å². The molecule has 2 aromatic heterocycles. The Kier molecular flexibility index (Phi) is 11.8. The number of ketones is 1. The number of nitrogens with one attached hydrogen (secondary N) is 2. The van der Waals surface area contributed by atoms with Crippen LogP contribution in [0.2, 0.25) is 0 Å². The van der Waals surface area contributed by atoms with Gasteiger partial charge < -0.3 is 24.6 Å². The van der Waals surface area contributed by atoms with Gasteiger partial charge in [-0.2, -0.15) is 4.80 Å². The maximum absolute atomic E-state index is 13.2. The van der Waals surface area contributed by atoms with Crippen LogP contribution in [0.15, 0.2) is 28.7 Å². The molecule has 0 saturated carbocycles. The summed E-state index contributed by atoms with van der Waals surface area (Å²) in [6, 6.07) is 6.77. The molecule has 0 fully saturated rings. The van der Waals surface area contributed by atoms with Gasteiger partial charge in [0.1, 0.15) is 5.69 Å². The molecule has 2 heterocycles. The molecule has 1 aromatic carbocycles. The normalized spacial score (nSPS) is 12.3. The van der Waals surface area contributed by atoms with Crippen LogP contribution in [0, 0.1) is 6.92 Å². The number of benzene rings is 1. The number of nitrogens with zero attached hydrogens (tertiary/aromatic N) is 4. The van der Waals surface area contributed by atoms with E-state index in [0.29, 0.717) is 21.3 Å². The first kappa shape index (κ1) is 30.3. The SMILES string of the molecule is CNC(=O)c1[nH]c(-c2nnn(CCOP(=O)([O-])O)n2)c(C)c1C(=O)c1cccc(Br)c1.[Na+].[Na+]. The molecular formula is C17H17BrN6Na2O6P+. The molecule has 0 bridgehead atoms. The molecule has 3 rings (SSSR count). The third kappa shape index (κ3) is 7.64. The van der Waals surface area contributed by atoms with Crippen LogP contribution >= 0.6 is 23.8 Å². The number of carbonyl (C=O) groups excluding carboxylic acids is 2. The second-order valence-corrected chi connectivity index (χ2v) is 8.42. The number of halogens is 1. The van der Waals surface area contributed by atoms with E-state index in [9.17, 15) is 19.0 Å². The van der Waals surface area contributed by atoms with Crippen LogP contribution in [0.1, 0.15) is 32.0 Å². The molecule has 0 aliphatic heterocycles. The molecule has 3 N–H and O–H groups in total. The molecule has 1 unspecified atom stereocenters. The minimum Gasteiger partial charge on any atom is -0.756 e. The van der Waals surface area contributed by atoms with Gasteiger partial charge in [0.2, 0.25) is 5.82 Å². The van der Waals surface area contributed by atoms with Crippen molar-refractivity contribution in [2.24, 2.45) is 0 Å². The van der Waals surface area contributed by atoms with Crippen molar-refractivity contribution >= 4 is 35.4 Å². The average molecular weight is 558 g/mol. The first-order valence-corrected chi connectivity index (χ1v) is 11.1. The van der Waals surface area contributed by atoms with Crippen molar-refractivity contribution in [3.8, 4) is 11.5 Å². The number of carbonyl (C=O) groups is 2. The summed E-state index contributed by atoms with van der Waals surface area (Å²) in [5.74, 6) is -0.775. The van der Waals surface area contributed by atoms with E-state index in [1.807, 2.05) is 0 Å². The molecule has 12 nitrogen and oxygen atoms in total. The van der Waals surface area contributed by atoms with Gasteiger partial charge in [-0.25, -0.2) is 0 Å². The van der Waals surface area contributed by atoms with Gasteiger partial charge >= 0.3 is 59.1 Å². The van der Waals surface area contributed by atoms with Gasteiger partial charge in [-0.3, -0.25) is 14.2 Å². The number of hydrogen-bond donors (Lipinski definition) is 3. The van der Waals surface area contributed by atoms with Crippen molar-refractivity contribution in [1.82, 2.24) is 30.5 Å². The minimum absolute atomic E-state index is 0. The first-order valence-electron chi connectivity index (χ1n) is 8.82. The third-order valence-corrected chi connectivity index (χ3v) is 5.24. The molecule has 0 radical (unpaired) electrons. The summed E-state index contributed by atoms with van der Waals surface area (Å²) in [4.78, 5) is 48.8. The summed E-state index contributed by atoms with van der Waals surface area (Å²) in [6.45, 7) is 1.14. The number of phosphoric acid groups is 1. The standard InChI is InChI=1S/C17H18BrN6O6P.2Na/c1-9-12(15(25)10-4-3-5-11(18)8-10)14(17(26)19-2)20-13(9)16-21-23-24(22-16)6-7-30-31(27,28)29;;/h3-5,8,20H,6-7H2,1-2H3,(H,19,26)(H2,27,28,29);;/q;2*+1/p-1. The number of amides is 1. The summed E-state index contributed by atoms with van der Waals surface area (Å²) in [5, 5.41) is 14.3. The Hall–Kier alpha value is -0.700. The Morgan fingerprint density at radius 3 is 2.67 bits per heavy atom. The molecule has 0 aliphatic rings. The Bertz CT molecular complexity index is 1200. The van der Waals surface area contributed by atoms with E-state index in [1.165, 1.54) is 7.05 Å². The second-order valence-electron chi connectivity index (χ2n) is 6.30. The summed E-state index contributed by atoms with van der Waals surface area (Å²) < 4.78 is 15.6. The smallest absolute Gasteiger partial charge is 0.756 e. The quantitative estimate of drug-likeness (QED) is 0.139. The van der Waals surface area contributed by atoms with Gasteiger partial charge in [0.25, 0.3) is 13.7 Å². The molecule has 0 saturated heterocycles. The molecule has 1 atom stereocenters. The Labute approximate surface area is 241 Å². The maximum Gasteiger partial charge on any atom is 1.00 e. The third-order valence-electron chi connectivity index (χ3n) is 4.24. The van der Waals surface area contributed by atoms with E-state index in [-0.39, 0.29) is 88.5 Å². The van der Waals surface area contributed by atoms with Crippen molar-refractivity contribution in [2.45, 2.75) is 13.5 Å². The molecule has 16 heteroatoms. The van der Waals surface area contributed by atoms with Crippen LogP contribution in [-0.2, 0) is 15.6 Å². The maximum atomic E-state index is 13.2. The molecular weight excluding hydrogens is 541 g/mol. The van der Waals surface area contributed by atoms with Crippen LogP contribution in [0.3, 0.4) is 0 Å². The van der Waals surface area contributed by atoms with Gasteiger partial charge in [-0.05, 0) is 29.8 Å². The topological polar surface area (TPSA) is 175 Å². The van der Waals surface area contributed by atoms with E-state index in [0.717, 1.165) is 4.80 Å². The summed E-state index contributed by atoms with van der Waals surface area (Å²) in [6.07, 6.45) is 0. The van der Waals surface area contributed by atoms with Crippen molar-refractivity contribution in [1.29, 1.82) is 0 Å². The van der Waals surface area contributed by atoms with Crippen LogP contribution in [-0.4, -0.2) is 55.4 Å². The molecule has 164 valence electrons. The zero-order chi connectivity index (χ0) is 22.8. The Morgan fingerprint density at radius 2 is 2.06 bits per heavy atom. The number of aromatic amines is 1. The van der Waals surface area contributed by atoms with Crippen molar-refractivity contribution in [3.05, 3.63) is 51.1 Å². The zero-order valence-electron chi connectivity index (χ0n) is 18.3. The van der Waals surface area contributed by atoms with Gasteiger partial charge in [-0.15, -0.1) is 10.2 Å². The van der Waals surface area contributed by atoms with Crippen LogP contribution in [0.4, 0.5) is 0 Å². The van der Waals surface area contributed by atoms with Gasteiger partial charge in [0, 0.05) is 17.1 Å². The Morgan fingerprint density at radius 1 is 1.36 bits per heavy atom. The van der Waals surface area contributed by atoms with E-state index in [1.54, 1.807) is 31.2 Å². The van der Waals surface area contributed by atoms with E-state index in [2.05, 4.69) is 46.2 Å². The zero-order valence-corrected chi connectivity index (χ0v) is 24.8. The number of hydrogen-bond acceptors (Lipinski definition) is 8. The Balaban J connectivity index is 0.00000272. The predicted molar refractivity (Wildman–Crippen MR) is 109 cm³/mol. The van der Waals surface area contributed by atoms with E-state index < -0.39 is 20.3 Å². The minimum atomic E-state index is -4.85. The van der Waals surface area contributed by atoms with Crippen LogP contribution in [0.5, 0.6) is 0 Å². The molecule has 33 heavy (non-hydrogen) atoms. The van der Waals surface area contributed by atoms with Crippen molar-refractivity contribution < 1.29 is 87.6 Å². The number of tetrazole rings is 1. The monoisotopic (exact) mass is 557 g/mol. The van der Waals surface area contributed by atoms with Gasteiger partial charge in [-0.1, -0.05) is 28.1 Å². The van der Waals surface area contributed by atoms with Crippen molar-refractivity contribution in [2.75, 3.05) is 13.7 Å². The van der Waals surface area contributed by atoms with Crippen LogP contribution < -0.4 is 69.3 Å². The predicted octanol–water partition coefficient (Wildman–Crippen LogP) is -5.18. The summed E-state index contributed by atoms with van der Waals surface area (Å²) >= 11 is 3.33. The van der Waals surface area contributed by atoms with Crippen LogP contribution in [0.25, 0.3) is 11.5 Å². The molecule has 0 spiro atoms. The van der Waals surface area contributed by atoms with Gasteiger partial charge in [0.05, 0.1) is 24.4 Å². The number of rotatable bonds is 8.